The molecule has 0 bridgehead atoms. The maximum Gasteiger partial charge on any atom is 0.189 e. The zero-order valence-electron chi connectivity index (χ0n) is 19.8. The van der Waals surface area contributed by atoms with Crippen molar-refractivity contribution in [1.29, 1.82) is 0 Å². The summed E-state index contributed by atoms with van der Waals surface area (Å²) in [6, 6.07) is 18.2. The van der Waals surface area contributed by atoms with Gasteiger partial charge in [-0.2, -0.15) is 0 Å². The number of hydrogen-bond acceptors (Lipinski definition) is 5. The van der Waals surface area contributed by atoms with Crippen LogP contribution in [0.4, 0.5) is 10.1 Å². The van der Waals surface area contributed by atoms with E-state index in [2.05, 4.69) is 4.90 Å². The number of anilines is 1. The van der Waals surface area contributed by atoms with Gasteiger partial charge in [-0.25, -0.2) is 4.39 Å². The van der Waals surface area contributed by atoms with Gasteiger partial charge in [0.2, 0.25) is 0 Å². The third kappa shape index (κ3) is 5.33. The SMILES string of the molecule is O=C(c1ccc(OCCN2CCCCC2)cc1)C1c2ccc(O)cc2CCN1c1ccc(F)cc1. The fourth-order valence-corrected chi connectivity index (χ4v) is 5.16. The number of Topliss-reactive ketones (excluding diaryl/α,β-unsaturated/α-hetero) is 1. The lowest BCUT2D eigenvalue weighted by molar-refractivity contribution is 0.0954. The number of piperidine rings is 1. The van der Waals surface area contributed by atoms with Gasteiger partial charge in [0.25, 0.3) is 0 Å². The molecule has 1 saturated heterocycles. The van der Waals surface area contributed by atoms with E-state index in [1.54, 1.807) is 24.3 Å². The van der Waals surface area contributed by atoms with Crippen molar-refractivity contribution < 1.29 is 19.0 Å². The second kappa shape index (κ2) is 10.5. The molecule has 0 radical (unpaired) electrons. The zero-order valence-corrected chi connectivity index (χ0v) is 19.8. The summed E-state index contributed by atoms with van der Waals surface area (Å²) in [6.07, 6.45) is 4.53. The Kier molecular flexibility index (Phi) is 7.00. The molecule has 0 spiro atoms. The van der Waals surface area contributed by atoms with E-state index in [4.69, 9.17) is 4.74 Å². The lowest BCUT2D eigenvalue weighted by Crippen LogP contribution is -2.40. The molecule has 1 fully saturated rings. The van der Waals surface area contributed by atoms with Crippen molar-refractivity contribution in [3.63, 3.8) is 0 Å². The maximum atomic E-state index is 13.8. The monoisotopic (exact) mass is 474 g/mol. The minimum atomic E-state index is -0.560. The molecule has 182 valence electrons. The van der Waals surface area contributed by atoms with Crippen molar-refractivity contribution in [3.05, 3.63) is 89.2 Å². The summed E-state index contributed by atoms with van der Waals surface area (Å²) in [6.45, 7) is 4.42. The Hall–Kier alpha value is -3.38. The number of hydrogen-bond donors (Lipinski definition) is 1. The van der Waals surface area contributed by atoms with Crippen molar-refractivity contribution >= 4 is 11.5 Å². The number of likely N-dealkylation sites (tertiary alicyclic amines) is 1. The number of ketones is 1. The number of nitrogens with zero attached hydrogens (tertiary/aromatic N) is 2. The average molecular weight is 475 g/mol. The summed E-state index contributed by atoms with van der Waals surface area (Å²) in [5.41, 5.74) is 3.21. The highest BCUT2D eigenvalue weighted by molar-refractivity contribution is 6.03. The summed E-state index contributed by atoms with van der Waals surface area (Å²) in [5, 5.41) is 9.97. The fourth-order valence-electron chi connectivity index (χ4n) is 5.16. The smallest absolute Gasteiger partial charge is 0.189 e. The minimum Gasteiger partial charge on any atom is -0.508 e. The number of rotatable bonds is 7. The second-order valence-corrected chi connectivity index (χ2v) is 9.34. The molecule has 0 saturated carbocycles. The van der Waals surface area contributed by atoms with E-state index < -0.39 is 6.04 Å². The average Bonchev–Trinajstić information content (AvgIpc) is 2.89. The van der Waals surface area contributed by atoms with E-state index in [1.807, 2.05) is 35.2 Å². The van der Waals surface area contributed by atoms with Gasteiger partial charge in [0.1, 0.15) is 30.0 Å². The molecule has 2 aliphatic heterocycles. The third-order valence-corrected chi connectivity index (χ3v) is 7.03. The van der Waals surface area contributed by atoms with Gasteiger partial charge in [0.15, 0.2) is 5.78 Å². The van der Waals surface area contributed by atoms with Gasteiger partial charge in [-0.1, -0.05) is 12.5 Å². The molecular formula is C29H31FN2O3. The van der Waals surface area contributed by atoms with Crippen LogP contribution in [0, 0.1) is 5.82 Å². The van der Waals surface area contributed by atoms with E-state index in [0.717, 1.165) is 42.2 Å². The van der Waals surface area contributed by atoms with Crippen molar-refractivity contribution in [2.45, 2.75) is 31.7 Å². The first-order chi connectivity index (χ1) is 17.1. The lowest BCUT2D eigenvalue weighted by Gasteiger charge is -2.38. The summed E-state index contributed by atoms with van der Waals surface area (Å²) in [7, 11) is 0. The van der Waals surface area contributed by atoms with Crippen LogP contribution in [0.15, 0.2) is 66.7 Å². The molecule has 6 heteroatoms. The molecule has 3 aromatic rings. The number of benzene rings is 3. The van der Waals surface area contributed by atoms with Gasteiger partial charge >= 0.3 is 0 Å². The van der Waals surface area contributed by atoms with Crippen LogP contribution in [0.1, 0.15) is 46.8 Å². The van der Waals surface area contributed by atoms with Gasteiger partial charge in [0.05, 0.1) is 0 Å². The predicted molar refractivity (Wildman–Crippen MR) is 135 cm³/mol. The van der Waals surface area contributed by atoms with E-state index in [0.29, 0.717) is 25.1 Å². The van der Waals surface area contributed by atoms with E-state index in [-0.39, 0.29) is 17.3 Å². The quantitative estimate of drug-likeness (QED) is 0.466. The largest absolute Gasteiger partial charge is 0.508 e. The first kappa shape index (κ1) is 23.4. The molecule has 5 rings (SSSR count). The van der Waals surface area contributed by atoms with E-state index in [1.165, 1.54) is 31.4 Å². The standard InChI is InChI=1S/C29H31FN2O3/c30-23-6-8-24(9-7-23)32-17-14-22-20-25(33)10-13-27(22)28(32)29(34)21-4-11-26(12-5-21)35-19-18-31-15-2-1-3-16-31/h4-13,20,28,33H,1-3,14-19H2. The van der Waals surface area contributed by atoms with Crippen LogP contribution in [-0.2, 0) is 6.42 Å². The molecule has 0 amide bonds. The Morgan fingerprint density at radius 2 is 1.69 bits per heavy atom. The molecule has 2 aliphatic rings. The fraction of sp³-hybridized carbons (Fsp3) is 0.345. The summed E-state index contributed by atoms with van der Waals surface area (Å²) in [4.78, 5) is 18.3. The van der Waals surface area contributed by atoms with Crippen molar-refractivity contribution in [1.82, 2.24) is 4.90 Å². The molecular weight excluding hydrogens is 443 g/mol. The van der Waals surface area contributed by atoms with Gasteiger partial charge in [-0.15, -0.1) is 0 Å². The predicted octanol–water partition coefficient (Wildman–Crippen LogP) is 5.38. The van der Waals surface area contributed by atoms with Crippen LogP contribution >= 0.6 is 0 Å². The maximum absolute atomic E-state index is 13.8. The first-order valence-corrected chi connectivity index (χ1v) is 12.4. The normalized spacial score (nSPS) is 18.2. The number of phenolic OH excluding ortho intramolecular Hbond substituents is 1. The van der Waals surface area contributed by atoms with Crippen LogP contribution in [0.3, 0.4) is 0 Å². The summed E-state index contributed by atoms with van der Waals surface area (Å²) >= 11 is 0. The zero-order chi connectivity index (χ0) is 24.2. The van der Waals surface area contributed by atoms with Gasteiger partial charge in [-0.3, -0.25) is 9.69 Å². The number of phenols is 1. The minimum absolute atomic E-state index is 0.0409. The lowest BCUT2D eigenvalue weighted by atomic mass is 9.87. The Morgan fingerprint density at radius 3 is 2.43 bits per heavy atom. The van der Waals surface area contributed by atoms with Crippen molar-refractivity contribution in [3.8, 4) is 11.5 Å². The van der Waals surface area contributed by atoms with Gasteiger partial charge in [0, 0.05) is 24.3 Å². The molecule has 5 nitrogen and oxygen atoms in total. The van der Waals surface area contributed by atoms with Crippen LogP contribution in [-0.4, -0.2) is 48.6 Å². The van der Waals surface area contributed by atoms with E-state index in [9.17, 15) is 14.3 Å². The number of carbonyl (C=O) groups is 1. The number of aromatic hydroxyl groups is 1. The molecule has 2 heterocycles. The van der Waals surface area contributed by atoms with E-state index >= 15 is 0 Å². The molecule has 1 unspecified atom stereocenters. The van der Waals surface area contributed by atoms with Gasteiger partial charge < -0.3 is 14.7 Å². The number of ether oxygens (including phenoxy) is 1. The van der Waals surface area contributed by atoms with Crippen LogP contribution in [0.5, 0.6) is 11.5 Å². The topological polar surface area (TPSA) is 53.0 Å². The van der Waals surface area contributed by atoms with Gasteiger partial charge in [-0.05, 0) is 104 Å². The molecule has 1 N–H and O–H groups in total. The summed E-state index contributed by atoms with van der Waals surface area (Å²) in [5.74, 6) is 0.592. The number of halogens is 1. The Morgan fingerprint density at radius 1 is 0.943 bits per heavy atom. The highest BCUT2D eigenvalue weighted by Gasteiger charge is 2.34. The van der Waals surface area contributed by atoms with Crippen molar-refractivity contribution in [2.24, 2.45) is 0 Å². The molecule has 3 aromatic carbocycles. The first-order valence-electron chi connectivity index (χ1n) is 12.4. The molecule has 0 aliphatic carbocycles. The highest BCUT2D eigenvalue weighted by Crippen LogP contribution is 2.37. The number of carbonyl (C=O) groups excluding carboxylic acids is 1. The highest BCUT2D eigenvalue weighted by atomic mass is 19.1. The number of fused-ring (bicyclic) bond motifs is 1. The second-order valence-electron chi connectivity index (χ2n) is 9.34. The Labute approximate surface area is 205 Å². The van der Waals surface area contributed by atoms with Crippen LogP contribution < -0.4 is 9.64 Å². The molecule has 1 atom stereocenters. The molecule has 35 heavy (non-hydrogen) atoms. The summed E-state index contributed by atoms with van der Waals surface area (Å²) < 4.78 is 19.5. The van der Waals surface area contributed by atoms with Crippen LogP contribution in [0.2, 0.25) is 0 Å². The van der Waals surface area contributed by atoms with Crippen LogP contribution in [0.25, 0.3) is 0 Å². The Balaban J connectivity index is 1.34. The third-order valence-electron chi connectivity index (χ3n) is 7.03. The van der Waals surface area contributed by atoms with Crippen molar-refractivity contribution in [2.75, 3.05) is 37.7 Å². The molecule has 0 aromatic heterocycles. The Bertz CT molecular complexity index is 1160.